The summed E-state index contributed by atoms with van der Waals surface area (Å²) in [6, 6.07) is 3.75. The molecule has 1 saturated carbocycles. The van der Waals surface area contributed by atoms with Crippen LogP contribution in [0.15, 0.2) is 18.2 Å². The summed E-state index contributed by atoms with van der Waals surface area (Å²) in [5.41, 5.74) is 0.649. The van der Waals surface area contributed by atoms with Crippen molar-refractivity contribution in [2.24, 2.45) is 16.7 Å². The van der Waals surface area contributed by atoms with Crippen molar-refractivity contribution in [3.63, 3.8) is 0 Å². The number of aliphatic hydroxyl groups excluding tert-OH is 1. The van der Waals surface area contributed by atoms with Crippen molar-refractivity contribution in [3.05, 3.63) is 35.4 Å². The Morgan fingerprint density at radius 2 is 2.09 bits per heavy atom. The molecule has 1 amide bonds. The molecule has 1 aliphatic carbocycles. The number of hydrogen-bond acceptors (Lipinski definition) is 2. The zero-order valence-electron chi connectivity index (χ0n) is 13.6. The van der Waals surface area contributed by atoms with Crippen molar-refractivity contribution in [1.82, 2.24) is 4.90 Å². The Kier molecular flexibility index (Phi) is 3.95. The molecule has 0 spiro atoms. The van der Waals surface area contributed by atoms with E-state index in [0.29, 0.717) is 31.0 Å². The second-order valence-corrected chi connectivity index (χ2v) is 7.76. The van der Waals surface area contributed by atoms with Gasteiger partial charge in [0.25, 0.3) is 0 Å². The molecule has 2 fully saturated rings. The van der Waals surface area contributed by atoms with Gasteiger partial charge in [0, 0.05) is 24.9 Å². The number of fused-ring (bicyclic) bond motifs is 1. The molecule has 1 heterocycles. The van der Waals surface area contributed by atoms with E-state index >= 15 is 0 Å². The van der Waals surface area contributed by atoms with Gasteiger partial charge in [0.05, 0.1) is 6.61 Å². The van der Waals surface area contributed by atoms with Crippen LogP contribution < -0.4 is 0 Å². The van der Waals surface area contributed by atoms with Crippen LogP contribution in [0.3, 0.4) is 0 Å². The van der Waals surface area contributed by atoms with Crippen LogP contribution in [0.2, 0.25) is 0 Å². The third-order valence-electron chi connectivity index (χ3n) is 5.68. The van der Waals surface area contributed by atoms with Crippen molar-refractivity contribution in [2.45, 2.75) is 33.1 Å². The molecule has 5 heteroatoms. The Morgan fingerprint density at radius 3 is 2.65 bits per heavy atom. The van der Waals surface area contributed by atoms with Gasteiger partial charge in [-0.2, -0.15) is 0 Å². The van der Waals surface area contributed by atoms with Gasteiger partial charge in [-0.25, -0.2) is 8.78 Å². The highest BCUT2D eigenvalue weighted by atomic mass is 19.2. The second-order valence-electron chi connectivity index (χ2n) is 7.76. The van der Waals surface area contributed by atoms with Crippen molar-refractivity contribution < 1.29 is 18.7 Å². The summed E-state index contributed by atoms with van der Waals surface area (Å²) in [4.78, 5) is 14.3. The largest absolute Gasteiger partial charge is 0.396 e. The molecule has 1 aromatic carbocycles. The van der Waals surface area contributed by atoms with E-state index in [0.717, 1.165) is 18.6 Å². The number of carbonyl (C=O) groups is 1. The summed E-state index contributed by atoms with van der Waals surface area (Å²) in [6.07, 6.45) is 1.61. The quantitative estimate of drug-likeness (QED) is 0.925. The van der Waals surface area contributed by atoms with E-state index in [2.05, 4.69) is 13.8 Å². The lowest BCUT2D eigenvalue weighted by Crippen LogP contribution is -2.54. The number of benzene rings is 1. The minimum atomic E-state index is -0.879. The molecule has 1 aliphatic heterocycles. The molecule has 2 atom stereocenters. The van der Waals surface area contributed by atoms with Crippen molar-refractivity contribution >= 4 is 5.91 Å². The average molecular weight is 323 g/mol. The fourth-order valence-electron chi connectivity index (χ4n) is 4.63. The summed E-state index contributed by atoms with van der Waals surface area (Å²) in [5.74, 6) is -1.39. The number of rotatable bonds is 4. The average Bonchev–Trinajstić information content (AvgIpc) is 2.83. The highest BCUT2D eigenvalue weighted by Crippen LogP contribution is 2.62. The number of halogens is 2. The zero-order chi connectivity index (χ0) is 16.8. The fourth-order valence-corrected chi connectivity index (χ4v) is 4.63. The summed E-state index contributed by atoms with van der Waals surface area (Å²) in [6.45, 7) is 5.77. The summed E-state index contributed by atoms with van der Waals surface area (Å²) >= 11 is 0. The smallest absolute Gasteiger partial charge is 0.222 e. The number of hydrogen-bond donors (Lipinski definition) is 1. The minimum Gasteiger partial charge on any atom is -0.396 e. The SMILES string of the molecule is CC1(C)C[C@]2(CO)CN(C(=O)CCc3ccc(F)c(F)c3)C[C@H]12. The molecule has 0 aromatic heterocycles. The van der Waals surface area contributed by atoms with E-state index in [1.807, 2.05) is 4.90 Å². The lowest BCUT2D eigenvalue weighted by Gasteiger charge is -2.55. The first-order chi connectivity index (χ1) is 10.8. The van der Waals surface area contributed by atoms with E-state index in [4.69, 9.17) is 0 Å². The molecule has 3 nitrogen and oxygen atoms in total. The number of carbonyl (C=O) groups excluding carboxylic acids is 1. The number of likely N-dealkylation sites (tertiary alicyclic amines) is 1. The molecular formula is C18H23F2NO2. The van der Waals surface area contributed by atoms with E-state index in [1.54, 1.807) is 0 Å². The Morgan fingerprint density at radius 1 is 1.35 bits per heavy atom. The normalized spacial score (nSPS) is 28.4. The van der Waals surface area contributed by atoms with Crippen molar-refractivity contribution in [2.75, 3.05) is 19.7 Å². The van der Waals surface area contributed by atoms with Crippen molar-refractivity contribution in [3.8, 4) is 0 Å². The molecule has 2 aliphatic rings. The highest BCUT2D eigenvalue weighted by Gasteiger charge is 2.62. The van der Waals surface area contributed by atoms with E-state index in [1.165, 1.54) is 6.07 Å². The molecule has 126 valence electrons. The van der Waals surface area contributed by atoms with Gasteiger partial charge in [-0.15, -0.1) is 0 Å². The summed E-state index contributed by atoms with van der Waals surface area (Å²) < 4.78 is 26.1. The monoisotopic (exact) mass is 323 g/mol. The summed E-state index contributed by atoms with van der Waals surface area (Å²) in [5, 5.41) is 9.73. The third-order valence-corrected chi connectivity index (χ3v) is 5.68. The van der Waals surface area contributed by atoms with E-state index < -0.39 is 11.6 Å². The van der Waals surface area contributed by atoms with E-state index in [-0.39, 0.29) is 29.8 Å². The Bertz CT molecular complexity index is 631. The van der Waals surface area contributed by atoms with Gasteiger partial charge in [0.15, 0.2) is 11.6 Å². The van der Waals surface area contributed by atoms with Crippen molar-refractivity contribution in [1.29, 1.82) is 0 Å². The Hall–Kier alpha value is -1.49. The molecule has 1 saturated heterocycles. The van der Waals surface area contributed by atoms with Gasteiger partial charge in [-0.05, 0) is 41.9 Å². The zero-order valence-corrected chi connectivity index (χ0v) is 13.6. The predicted octanol–water partition coefficient (Wildman–Crippen LogP) is 2.76. The first kappa shape index (κ1) is 16.4. The number of nitrogens with zero attached hydrogens (tertiary/aromatic N) is 1. The van der Waals surface area contributed by atoms with Crippen LogP contribution in [0, 0.1) is 28.4 Å². The van der Waals surface area contributed by atoms with Gasteiger partial charge < -0.3 is 10.0 Å². The van der Waals surface area contributed by atoms with Crippen LogP contribution in [0.4, 0.5) is 8.78 Å². The molecule has 1 aromatic rings. The number of amides is 1. The van der Waals surface area contributed by atoms with E-state index in [9.17, 15) is 18.7 Å². The van der Waals surface area contributed by atoms with Crippen LogP contribution in [-0.2, 0) is 11.2 Å². The third kappa shape index (κ3) is 2.75. The van der Waals surface area contributed by atoms with Crippen LogP contribution in [-0.4, -0.2) is 35.6 Å². The molecule has 1 N–H and O–H groups in total. The summed E-state index contributed by atoms with van der Waals surface area (Å²) in [7, 11) is 0. The van der Waals surface area contributed by atoms with Gasteiger partial charge in [0.2, 0.25) is 5.91 Å². The first-order valence-corrected chi connectivity index (χ1v) is 8.10. The molecule has 23 heavy (non-hydrogen) atoms. The van der Waals surface area contributed by atoms with Gasteiger partial charge in [-0.1, -0.05) is 19.9 Å². The lowest BCUT2D eigenvalue weighted by atomic mass is 9.48. The van der Waals surface area contributed by atoms with Gasteiger partial charge in [0.1, 0.15) is 0 Å². The maximum Gasteiger partial charge on any atom is 0.222 e. The topological polar surface area (TPSA) is 40.5 Å². The fraction of sp³-hybridized carbons (Fsp3) is 0.611. The Labute approximate surface area is 135 Å². The molecule has 0 radical (unpaired) electrons. The Balaban J connectivity index is 1.60. The highest BCUT2D eigenvalue weighted by molar-refractivity contribution is 5.77. The molecule has 0 bridgehead atoms. The maximum atomic E-state index is 13.2. The van der Waals surface area contributed by atoms with Crippen LogP contribution >= 0.6 is 0 Å². The lowest BCUT2D eigenvalue weighted by molar-refractivity contribution is -0.130. The van der Waals surface area contributed by atoms with Crippen LogP contribution in [0.25, 0.3) is 0 Å². The van der Waals surface area contributed by atoms with Gasteiger partial charge in [-0.3, -0.25) is 4.79 Å². The molecular weight excluding hydrogens is 300 g/mol. The number of aryl methyl sites for hydroxylation is 1. The minimum absolute atomic E-state index is 0.0211. The van der Waals surface area contributed by atoms with Crippen LogP contribution in [0.5, 0.6) is 0 Å². The van der Waals surface area contributed by atoms with Crippen LogP contribution in [0.1, 0.15) is 32.3 Å². The standard InChI is InChI=1S/C18H23F2NO2/c1-17(2)9-18(11-22)10-21(8-15(17)18)16(23)6-4-12-3-5-13(19)14(20)7-12/h3,5,7,15,22H,4,6,8-11H2,1-2H3/t15-,18-/m1/s1. The maximum absolute atomic E-state index is 13.2. The second kappa shape index (κ2) is 5.55. The predicted molar refractivity (Wildman–Crippen MR) is 82.7 cm³/mol. The molecule has 0 unspecified atom stereocenters. The first-order valence-electron chi connectivity index (χ1n) is 8.10. The molecule has 3 rings (SSSR count). The van der Waals surface area contributed by atoms with Gasteiger partial charge >= 0.3 is 0 Å². The number of aliphatic hydroxyl groups is 1.